The van der Waals surface area contributed by atoms with Gasteiger partial charge in [-0.05, 0) is 42.7 Å². The molecule has 0 saturated carbocycles. The Bertz CT molecular complexity index is 1330. The Morgan fingerprint density at radius 3 is 2.47 bits per heavy atom. The largest absolute Gasteiger partial charge is 0.418 e. The van der Waals surface area contributed by atoms with E-state index in [1.54, 1.807) is 29.6 Å². The van der Waals surface area contributed by atoms with Gasteiger partial charge in [-0.15, -0.1) is 5.10 Å². The fraction of sp³-hybridized carbons (Fsp3) is 0.0952. The molecule has 1 amide bonds. The van der Waals surface area contributed by atoms with E-state index in [4.69, 9.17) is 0 Å². The van der Waals surface area contributed by atoms with Gasteiger partial charge in [0.2, 0.25) is 5.43 Å². The second-order valence-corrected chi connectivity index (χ2v) is 7.36. The molecule has 2 aromatic heterocycles. The van der Waals surface area contributed by atoms with E-state index in [0.717, 1.165) is 22.4 Å². The van der Waals surface area contributed by atoms with E-state index in [1.165, 1.54) is 36.7 Å². The number of halogens is 3. The van der Waals surface area contributed by atoms with Crippen LogP contribution < -0.4 is 10.7 Å². The molecule has 0 saturated heterocycles. The predicted molar refractivity (Wildman–Crippen MR) is 113 cm³/mol. The topological polar surface area (TPSA) is 89.8 Å². The first-order valence-electron chi connectivity index (χ1n) is 9.20. The van der Waals surface area contributed by atoms with Crippen LogP contribution in [0, 0.1) is 6.92 Å². The summed E-state index contributed by atoms with van der Waals surface area (Å²) in [5.74, 6) is -0.837. The molecule has 0 spiro atoms. The molecule has 0 aliphatic heterocycles. The third-order valence-corrected chi connectivity index (χ3v) is 5.06. The molecule has 0 bridgehead atoms. The minimum absolute atomic E-state index is 0.157. The highest BCUT2D eigenvalue weighted by molar-refractivity contribution is 7.03. The highest BCUT2D eigenvalue weighted by Crippen LogP contribution is 2.33. The summed E-state index contributed by atoms with van der Waals surface area (Å²) >= 11 is 1.20. The molecule has 162 valence electrons. The molecule has 4 rings (SSSR count). The summed E-state index contributed by atoms with van der Waals surface area (Å²) in [5, 5.41) is 12.2. The van der Waals surface area contributed by atoms with Crippen molar-refractivity contribution in [2.75, 3.05) is 5.32 Å². The van der Waals surface area contributed by atoms with Crippen molar-refractivity contribution in [2.24, 2.45) is 0 Å². The smallest absolute Gasteiger partial charge is 0.320 e. The molecule has 0 fully saturated rings. The van der Waals surface area contributed by atoms with Crippen molar-refractivity contribution < 1.29 is 18.0 Å². The van der Waals surface area contributed by atoms with Crippen molar-refractivity contribution in [3.8, 4) is 16.9 Å². The first-order chi connectivity index (χ1) is 15.2. The standard InChI is InChI=1S/C21H14F3N5O2S/c1-12-10-18(30)19(27-29(12)17-5-3-2-4-15(17)21(22,23)24)20(31)25-14-8-6-13(7-9-14)16-11-32-28-26-16/h2-11H,1H3,(H,25,31). The van der Waals surface area contributed by atoms with Gasteiger partial charge in [0.1, 0.15) is 5.69 Å². The molecule has 0 aliphatic carbocycles. The summed E-state index contributed by atoms with van der Waals surface area (Å²) in [6.07, 6.45) is -4.63. The number of alkyl halides is 3. The van der Waals surface area contributed by atoms with Crippen molar-refractivity contribution in [1.82, 2.24) is 19.4 Å². The van der Waals surface area contributed by atoms with E-state index in [2.05, 4.69) is 20.0 Å². The zero-order chi connectivity index (χ0) is 22.9. The molecule has 32 heavy (non-hydrogen) atoms. The Kier molecular flexibility index (Phi) is 5.57. The van der Waals surface area contributed by atoms with Crippen LogP contribution in [0.3, 0.4) is 0 Å². The second kappa shape index (κ2) is 8.35. The van der Waals surface area contributed by atoms with Gasteiger partial charge in [0.05, 0.1) is 11.3 Å². The maximum Gasteiger partial charge on any atom is 0.418 e. The first kappa shape index (κ1) is 21.4. The van der Waals surface area contributed by atoms with Crippen LogP contribution >= 0.6 is 11.5 Å². The van der Waals surface area contributed by atoms with E-state index in [0.29, 0.717) is 11.4 Å². The van der Waals surface area contributed by atoms with E-state index >= 15 is 0 Å². The van der Waals surface area contributed by atoms with Gasteiger partial charge in [-0.2, -0.15) is 18.3 Å². The van der Waals surface area contributed by atoms with E-state index < -0.39 is 28.8 Å². The zero-order valence-corrected chi connectivity index (χ0v) is 17.2. The molecule has 0 aliphatic rings. The molecular weight excluding hydrogens is 443 g/mol. The third kappa shape index (κ3) is 4.28. The number of aryl methyl sites for hydroxylation is 1. The molecule has 11 heteroatoms. The van der Waals surface area contributed by atoms with Gasteiger partial charge < -0.3 is 5.32 Å². The van der Waals surface area contributed by atoms with E-state index in [1.807, 2.05) is 0 Å². The number of nitrogens with one attached hydrogen (secondary N) is 1. The first-order valence-corrected chi connectivity index (χ1v) is 10.0. The highest BCUT2D eigenvalue weighted by Gasteiger charge is 2.34. The summed E-state index contributed by atoms with van der Waals surface area (Å²) in [6, 6.07) is 12.5. The Morgan fingerprint density at radius 2 is 1.81 bits per heavy atom. The SMILES string of the molecule is Cc1cc(=O)c(C(=O)Nc2ccc(-c3csnn3)cc2)nn1-c1ccccc1C(F)(F)F. The molecule has 0 atom stereocenters. The van der Waals surface area contributed by atoms with Gasteiger partial charge in [0.15, 0.2) is 5.69 Å². The number of amides is 1. The van der Waals surface area contributed by atoms with Gasteiger partial charge in [0, 0.05) is 28.4 Å². The van der Waals surface area contributed by atoms with Crippen LogP contribution in [-0.4, -0.2) is 25.3 Å². The summed E-state index contributed by atoms with van der Waals surface area (Å²) in [4.78, 5) is 25.1. The van der Waals surface area contributed by atoms with Crippen molar-refractivity contribution >= 4 is 23.1 Å². The van der Waals surface area contributed by atoms with Crippen LogP contribution in [0.4, 0.5) is 18.9 Å². The number of hydrogen-bond acceptors (Lipinski definition) is 6. The lowest BCUT2D eigenvalue weighted by Crippen LogP contribution is -2.27. The third-order valence-electron chi connectivity index (χ3n) is 4.56. The number of rotatable bonds is 4. The number of benzene rings is 2. The fourth-order valence-corrected chi connectivity index (χ4v) is 3.52. The van der Waals surface area contributed by atoms with Crippen molar-refractivity contribution in [3.63, 3.8) is 0 Å². The molecule has 7 nitrogen and oxygen atoms in total. The lowest BCUT2D eigenvalue weighted by atomic mass is 10.1. The van der Waals surface area contributed by atoms with Crippen LogP contribution in [0.5, 0.6) is 0 Å². The van der Waals surface area contributed by atoms with Gasteiger partial charge in [-0.3, -0.25) is 9.59 Å². The lowest BCUT2D eigenvalue weighted by Gasteiger charge is -2.16. The molecule has 0 radical (unpaired) electrons. The van der Waals surface area contributed by atoms with Gasteiger partial charge in [0.25, 0.3) is 5.91 Å². The van der Waals surface area contributed by atoms with Crippen molar-refractivity contribution in [3.05, 3.63) is 87.2 Å². The summed E-state index contributed by atoms with van der Waals surface area (Å²) < 4.78 is 45.0. The quantitative estimate of drug-likeness (QED) is 0.493. The van der Waals surface area contributed by atoms with Gasteiger partial charge >= 0.3 is 6.18 Å². The number of hydrogen-bond donors (Lipinski definition) is 1. The Morgan fingerprint density at radius 1 is 1.09 bits per heavy atom. The average molecular weight is 457 g/mol. The van der Waals surface area contributed by atoms with Crippen LogP contribution in [0.1, 0.15) is 21.7 Å². The highest BCUT2D eigenvalue weighted by atomic mass is 32.1. The molecule has 0 unspecified atom stereocenters. The van der Waals surface area contributed by atoms with Crippen LogP contribution in [0.15, 0.2) is 64.8 Å². The molecular formula is C21H14F3N5O2S. The van der Waals surface area contributed by atoms with Gasteiger partial charge in [-0.1, -0.05) is 28.8 Å². The second-order valence-electron chi connectivity index (χ2n) is 6.75. The number of para-hydroxylation sites is 1. The maximum atomic E-state index is 13.4. The minimum Gasteiger partial charge on any atom is -0.320 e. The van der Waals surface area contributed by atoms with Crippen LogP contribution in [0.2, 0.25) is 0 Å². The summed E-state index contributed by atoms with van der Waals surface area (Å²) in [7, 11) is 0. The fourth-order valence-electron chi connectivity index (χ4n) is 3.05. The minimum atomic E-state index is -4.63. The Balaban J connectivity index is 1.67. The van der Waals surface area contributed by atoms with Gasteiger partial charge in [-0.25, -0.2) is 4.68 Å². The predicted octanol–water partition coefficient (Wildman–Crippen LogP) is 4.33. The summed E-state index contributed by atoms with van der Waals surface area (Å²) in [6.45, 7) is 1.44. The normalized spacial score (nSPS) is 11.4. The van der Waals surface area contributed by atoms with Crippen LogP contribution in [-0.2, 0) is 6.18 Å². The number of nitrogens with zero attached hydrogens (tertiary/aromatic N) is 4. The molecule has 2 aromatic carbocycles. The number of carbonyl (C=O) groups is 1. The molecule has 2 heterocycles. The van der Waals surface area contributed by atoms with E-state index in [-0.39, 0.29) is 11.4 Å². The van der Waals surface area contributed by atoms with Crippen LogP contribution in [0.25, 0.3) is 16.9 Å². The number of anilines is 1. The zero-order valence-electron chi connectivity index (χ0n) is 16.4. The molecule has 4 aromatic rings. The Labute approximate surface area is 183 Å². The van der Waals surface area contributed by atoms with Crippen molar-refractivity contribution in [2.45, 2.75) is 13.1 Å². The van der Waals surface area contributed by atoms with E-state index in [9.17, 15) is 22.8 Å². The monoisotopic (exact) mass is 457 g/mol. The number of aromatic nitrogens is 4. The molecule has 1 N–H and O–H groups in total. The summed E-state index contributed by atoms with van der Waals surface area (Å²) in [5.41, 5.74) is -0.442. The Hall–Kier alpha value is -3.86. The number of carbonyl (C=O) groups excluding carboxylic acids is 1. The van der Waals surface area contributed by atoms with Crippen molar-refractivity contribution in [1.29, 1.82) is 0 Å². The lowest BCUT2D eigenvalue weighted by molar-refractivity contribution is -0.137. The average Bonchev–Trinajstić information content (AvgIpc) is 3.28. The maximum absolute atomic E-state index is 13.4.